The quantitative estimate of drug-likeness (QED) is 0.658. The summed E-state index contributed by atoms with van der Waals surface area (Å²) in [6.45, 7) is 0.623. The normalized spacial score (nSPS) is 16.8. The van der Waals surface area contributed by atoms with E-state index in [1.54, 1.807) is 5.56 Å². The molecule has 2 aromatic carbocycles. The Hall–Kier alpha value is -1.38. The van der Waals surface area contributed by atoms with Crippen LogP contribution in [0.25, 0.3) is 20.2 Å². The summed E-state index contributed by atoms with van der Waals surface area (Å²) in [6.07, 6.45) is 6.95. The molecule has 1 aliphatic rings. The van der Waals surface area contributed by atoms with Crippen LogP contribution in [0.5, 0.6) is 0 Å². The Labute approximate surface area is 129 Å². The van der Waals surface area contributed by atoms with Crippen LogP contribution in [-0.2, 0) is 6.54 Å². The van der Waals surface area contributed by atoms with Crippen LogP contribution in [0.3, 0.4) is 0 Å². The highest BCUT2D eigenvalue weighted by molar-refractivity contribution is 7.25. The molecule has 0 amide bonds. The number of hydrogen-bond donors (Lipinski definition) is 1. The molecule has 0 aliphatic heterocycles. The molecule has 0 bridgehead atoms. The highest BCUT2D eigenvalue weighted by Crippen LogP contribution is 2.38. The Balaban J connectivity index is 1.81. The van der Waals surface area contributed by atoms with Gasteiger partial charge >= 0.3 is 0 Å². The van der Waals surface area contributed by atoms with Gasteiger partial charge in [0.2, 0.25) is 0 Å². The number of fused-ring (bicyclic) bond motifs is 3. The van der Waals surface area contributed by atoms with Gasteiger partial charge in [-0.2, -0.15) is 0 Å². The van der Waals surface area contributed by atoms with Crippen LogP contribution < -0.4 is 5.73 Å². The Kier molecular flexibility index (Phi) is 3.44. The zero-order chi connectivity index (χ0) is 14.2. The fraction of sp³-hybridized carbons (Fsp3) is 0.368. The molecule has 0 saturated heterocycles. The van der Waals surface area contributed by atoms with Gasteiger partial charge in [-0.15, -0.1) is 11.3 Å². The van der Waals surface area contributed by atoms with Crippen molar-refractivity contribution in [1.82, 2.24) is 0 Å². The van der Waals surface area contributed by atoms with Crippen LogP contribution in [0, 0.1) is 0 Å². The molecule has 0 unspecified atom stereocenters. The summed E-state index contributed by atoms with van der Waals surface area (Å²) < 4.78 is 2.80. The first-order valence-corrected chi connectivity index (χ1v) is 8.82. The average Bonchev–Trinajstić information content (AvgIpc) is 2.92. The number of hydrogen-bond acceptors (Lipinski definition) is 2. The SMILES string of the molecule is NCc1ccc2c(c1)sc1cc(C3CCCCC3)ccc12. The van der Waals surface area contributed by atoms with Gasteiger partial charge in [-0.1, -0.05) is 43.5 Å². The molecule has 3 aromatic rings. The molecule has 0 atom stereocenters. The molecule has 4 rings (SSSR count). The largest absolute Gasteiger partial charge is 0.326 e. The number of nitrogens with two attached hydrogens (primary N) is 1. The van der Waals surface area contributed by atoms with Gasteiger partial charge in [0.05, 0.1) is 0 Å². The van der Waals surface area contributed by atoms with Gasteiger partial charge in [0.1, 0.15) is 0 Å². The van der Waals surface area contributed by atoms with Crippen LogP contribution in [0.15, 0.2) is 36.4 Å². The Morgan fingerprint density at radius 3 is 2.38 bits per heavy atom. The average molecular weight is 295 g/mol. The summed E-state index contributed by atoms with van der Waals surface area (Å²) in [5, 5.41) is 2.78. The van der Waals surface area contributed by atoms with Gasteiger partial charge in [0.25, 0.3) is 0 Å². The second-order valence-electron chi connectivity index (χ2n) is 6.23. The van der Waals surface area contributed by atoms with E-state index in [0.29, 0.717) is 6.54 Å². The number of benzene rings is 2. The van der Waals surface area contributed by atoms with E-state index in [2.05, 4.69) is 36.4 Å². The Bertz CT molecular complexity index is 781. The van der Waals surface area contributed by atoms with E-state index < -0.39 is 0 Å². The van der Waals surface area contributed by atoms with Crippen molar-refractivity contribution in [2.75, 3.05) is 0 Å². The first-order valence-electron chi connectivity index (χ1n) is 8.00. The summed E-state index contributed by atoms with van der Waals surface area (Å²) in [7, 11) is 0. The van der Waals surface area contributed by atoms with Crippen molar-refractivity contribution in [3.05, 3.63) is 47.5 Å². The topological polar surface area (TPSA) is 26.0 Å². The van der Waals surface area contributed by atoms with Crippen LogP contribution in [-0.4, -0.2) is 0 Å². The molecule has 0 radical (unpaired) electrons. The van der Waals surface area contributed by atoms with E-state index in [4.69, 9.17) is 5.73 Å². The van der Waals surface area contributed by atoms with Crippen molar-refractivity contribution in [2.24, 2.45) is 5.73 Å². The second kappa shape index (κ2) is 5.43. The Morgan fingerprint density at radius 1 is 0.905 bits per heavy atom. The summed E-state index contributed by atoms with van der Waals surface area (Å²) in [6, 6.07) is 13.8. The Morgan fingerprint density at radius 2 is 1.62 bits per heavy atom. The third-order valence-electron chi connectivity index (χ3n) is 4.87. The van der Waals surface area contributed by atoms with E-state index >= 15 is 0 Å². The van der Waals surface area contributed by atoms with Crippen molar-refractivity contribution in [2.45, 2.75) is 44.6 Å². The molecule has 0 spiro atoms. The summed E-state index contributed by atoms with van der Waals surface area (Å²) in [5.41, 5.74) is 8.53. The van der Waals surface area contributed by atoms with Crippen molar-refractivity contribution < 1.29 is 0 Å². The second-order valence-corrected chi connectivity index (χ2v) is 7.31. The van der Waals surface area contributed by atoms with Crippen molar-refractivity contribution >= 4 is 31.5 Å². The first-order chi connectivity index (χ1) is 10.3. The van der Waals surface area contributed by atoms with E-state index in [1.165, 1.54) is 57.8 Å². The van der Waals surface area contributed by atoms with Gasteiger partial charge < -0.3 is 5.73 Å². The van der Waals surface area contributed by atoms with Gasteiger partial charge in [0.15, 0.2) is 0 Å². The highest BCUT2D eigenvalue weighted by atomic mass is 32.1. The molecule has 1 saturated carbocycles. The third kappa shape index (κ3) is 2.37. The van der Waals surface area contributed by atoms with E-state index in [0.717, 1.165) is 5.92 Å². The molecule has 1 nitrogen and oxygen atoms in total. The van der Waals surface area contributed by atoms with Crippen molar-refractivity contribution in [1.29, 1.82) is 0 Å². The summed E-state index contributed by atoms with van der Waals surface area (Å²) >= 11 is 1.91. The predicted octanol–water partition coefficient (Wildman–Crippen LogP) is 5.56. The molecular weight excluding hydrogens is 274 g/mol. The molecule has 1 fully saturated rings. The maximum Gasteiger partial charge on any atom is 0.0358 e. The highest BCUT2D eigenvalue weighted by Gasteiger charge is 2.16. The molecule has 1 heterocycles. The first kappa shape index (κ1) is 13.3. The zero-order valence-corrected chi connectivity index (χ0v) is 13.1. The lowest BCUT2D eigenvalue weighted by atomic mass is 9.84. The number of rotatable bonds is 2. The maximum absolute atomic E-state index is 5.76. The van der Waals surface area contributed by atoms with Gasteiger partial charge in [0, 0.05) is 26.7 Å². The minimum atomic E-state index is 0.623. The monoisotopic (exact) mass is 295 g/mol. The molecule has 1 aliphatic carbocycles. The molecule has 2 N–H and O–H groups in total. The minimum Gasteiger partial charge on any atom is -0.326 e. The molecule has 1 aromatic heterocycles. The molecular formula is C19H21NS. The van der Waals surface area contributed by atoms with Crippen molar-refractivity contribution in [3.8, 4) is 0 Å². The van der Waals surface area contributed by atoms with Gasteiger partial charge in [-0.25, -0.2) is 0 Å². The predicted molar refractivity (Wildman–Crippen MR) is 93.0 cm³/mol. The standard InChI is InChI=1S/C19H21NS/c20-12-13-6-8-16-17-9-7-15(14-4-2-1-3-5-14)11-19(17)21-18(16)10-13/h6-11,14H,1-5,12,20H2. The lowest BCUT2D eigenvalue weighted by Gasteiger charge is -2.21. The minimum absolute atomic E-state index is 0.623. The van der Waals surface area contributed by atoms with E-state index in [9.17, 15) is 0 Å². The van der Waals surface area contributed by atoms with Crippen LogP contribution in [0.4, 0.5) is 0 Å². The lowest BCUT2D eigenvalue weighted by molar-refractivity contribution is 0.444. The summed E-state index contributed by atoms with van der Waals surface area (Å²) in [4.78, 5) is 0. The third-order valence-corrected chi connectivity index (χ3v) is 5.99. The van der Waals surface area contributed by atoms with E-state index in [-0.39, 0.29) is 0 Å². The fourth-order valence-corrected chi connectivity index (χ4v) is 4.87. The molecule has 108 valence electrons. The number of thiophene rings is 1. The van der Waals surface area contributed by atoms with Gasteiger partial charge in [-0.05, 0) is 42.0 Å². The molecule has 21 heavy (non-hydrogen) atoms. The zero-order valence-electron chi connectivity index (χ0n) is 12.3. The van der Waals surface area contributed by atoms with Crippen LogP contribution >= 0.6 is 11.3 Å². The van der Waals surface area contributed by atoms with Crippen LogP contribution in [0.1, 0.15) is 49.1 Å². The lowest BCUT2D eigenvalue weighted by Crippen LogP contribution is -2.03. The smallest absolute Gasteiger partial charge is 0.0358 e. The van der Waals surface area contributed by atoms with Crippen LogP contribution in [0.2, 0.25) is 0 Å². The maximum atomic E-state index is 5.76. The fourth-order valence-electron chi connectivity index (χ4n) is 3.65. The summed E-state index contributed by atoms with van der Waals surface area (Å²) in [5.74, 6) is 0.785. The molecule has 2 heteroatoms. The van der Waals surface area contributed by atoms with Crippen molar-refractivity contribution in [3.63, 3.8) is 0 Å². The van der Waals surface area contributed by atoms with Gasteiger partial charge in [-0.3, -0.25) is 0 Å². The van der Waals surface area contributed by atoms with E-state index in [1.807, 2.05) is 11.3 Å².